The lowest BCUT2D eigenvalue weighted by Gasteiger charge is -2.35. The van der Waals surface area contributed by atoms with Crippen LogP contribution in [-0.2, 0) is 0 Å². The van der Waals surface area contributed by atoms with E-state index in [1.54, 1.807) is 0 Å². The van der Waals surface area contributed by atoms with Crippen molar-refractivity contribution in [2.45, 2.75) is 32.7 Å². The van der Waals surface area contributed by atoms with Crippen LogP contribution in [0, 0.1) is 5.92 Å². The average Bonchev–Trinajstić information content (AvgIpc) is 2.72. The Kier molecular flexibility index (Phi) is 6.70. The second kappa shape index (κ2) is 7.53. The number of hydrogen-bond acceptors (Lipinski definition) is 4. The third kappa shape index (κ3) is 4.26. The molecule has 2 rings (SSSR count). The van der Waals surface area contributed by atoms with E-state index < -0.39 is 0 Å². The van der Waals surface area contributed by atoms with E-state index in [0.29, 0.717) is 6.04 Å². The van der Waals surface area contributed by atoms with Gasteiger partial charge in [0.05, 0.1) is 6.54 Å². The first-order valence-electron chi connectivity index (χ1n) is 6.90. The van der Waals surface area contributed by atoms with Gasteiger partial charge in [-0.1, -0.05) is 0 Å². The molecule has 0 radical (unpaired) electrons. The largest absolute Gasteiger partial charge is 0.356 e. The van der Waals surface area contributed by atoms with Gasteiger partial charge in [0.2, 0.25) is 0 Å². The Hall–Kier alpha value is -0.0400. The number of piperidine rings is 1. The first-order valence-corrected chi connectivity index (χ1v) is 6.90. The van der Waals surface area contributed by atoms with Gasteiger partial charge in [0.1, 0.15) is 0 Å². The van der Waals surface area contributed by atoms with Gasteiger partial charge in [0.15, 0.2) is 5.96 Å². The molecule has 18 heavy (non-hydrogen) atoms. The molecule has 0 aromatic rings. The highest BCUT2D eigenvalue weighted by Crippen LogP contribution is 2.17. The zero-order chi connectivity index (χ0) is 12.3. The van der Waals surface area contributed by atoms with Crippen molar-refractivity contribution in [3.63, 3.8) is 0 Å². The van der Waals surface area contributed by atoms with Crippen LogP contribution in [0.15, 0.2) is 4.99 Å². The van der Waals surface area contributed by atoms with Crippen molar-refractivity contribution < 1.29 is 0 Å². The highest BCUT2D eigenvalue weighted by molar-refractivity contribution is 14.0. The number of hydrogen-bond donors (Lipinski definition) is 1. The molecule has 1 N–H and O–H groups in total. The van der Waals surface area contributed by atoms with Crippen molar-refractivity contribution in [2.24, 2.45) is 10.9 Å². The molecule has 0 saturated carbocycles. The van der Waals surface area contributed by atoms with E-state index in [0.717, 1.165) is 31.5 Å². The minimum Gasteiger partial charge on any atom is -0.356 e. The first kappa shape index (κ1) is 16.0. The zero-order valence-corrected chi connectivity index (χ0v) is 14.2. The van der Waals surface area contributed by atoms with E-state index in [2.05, 4.69) is 41.0 Å². The van der Waals surface area contributed by atoms with Crippen LogP contribution in [0.25, 0.3) is 0 Å². The molecule has 5 heteroatoms. The lowest BCUT2D eigenvalue weighted by molar-refractivity contribution is 0.140. The summed E-state index contributed by atoms with van der Waals surface area (Å²) in [5.41, 5.74) is 0. The van der Waals surface area contributed by atoms with Crippen LogP contribution in [0.5, 0.6) is 0 Å². The summed E-state index contributed by atoms with van der Waals surface area (Å²) in [7, 11) is 2.11. The summed E-state index contributed by atoms with van der Waals surface area (Å²) >= 11 is 0. The molecule has 106 valence electrons. The number of likely N-dealkylation sites (N-methyl/N-ethyl adjacent to an activating group) is 1. The number of rotatable bonds is 3. The van der Waals surface area contributed by atoms with Gasteiger partial charge in [-0.2, -0.15) is 0 Å². The van der Waals surface area contributed by atoms with Gasteiger partial charge in [0, 0.05) is 32.7 Å². The Balaban J connectivity index is 0.00000162. The Labute approximate surface area is 128 Å². The van der Waals surface area contributed by atoms with E-state index in [1.807, 2.05) is 0 Å². The van der Waals surface area contributed by atoms with Gasteiger partial charge in [-0.3, -0.25) is 4.99 Å². The summed E-state index contributed by atoms with van der Waals surface area (Å²) in [4.78, 5) is 9.28. The van der Waals surface area contributed by atoms with Gasteiger partial charge in [-0.25, -0.2) is 0 Å². The van der Waals surface area contributed by atoms with Crippen LogP contribution in [0.1, 0.15) is 26.7 Å². The first-order chi connectivity index (χ1) is 8.16. The summed E-state index contributed by atoms with van der Waals surface area (Å²) in [6, 6.07) is 0.685. The molecule has 0 bridgehead atoms. The SMILES string of the molecule is CC(C)N1CCCC(CNC2=NCCN2C)C1.I. The Morgan fingerprint density at radius 2 is 2.17 bits per heavy atom. The molecule has 1 atom stereocenters. The van der Waals surface area contributed by atoms with Crippen molar-refractivity contribution in [1.82, 2.24) is 15.1 Å². The van der Waals surface area contributed by atoms with Crippen LogP contribution in [0.3, 0.4) is 0 Å². The van der Waals surface area contributed by atoms with Gasteiger partial charge < -0.3 is 15.1 Å². The van der Waals surface area contributed by atoms with Gasteiger partial charge in [-0.05, 0) is 39.2 Å². The number of aliphatic imine (C=N–C) groups is 1. The lowest BCUT2D eigenvalue weighted by atomic mass is 9.97. The van der Waals surface area contributed by atoms with E-state index in [1.165, 1.54) is 25.9 Å². The smallest absolute Gasteiger partial charge is 0.193 e. The normalized spacial score (nSPS) is 25.0. The molecule has 0 aromatic carbocycles. The van der Waals surface area contributed by atoms with E-state index in [9.17, 15) is 0 Å². The van der Waals surface area contributed by atoms with Crippen LogP contribution >= 0.6 is 24.0 Å². The minimum absolute atomic E-state index is 0. The van der Waals surface area contributed by atoms with Crippen LogP contribution in [-0.4, -0.2) is 61.6 Å². The third-order valence-corrected chi connectivity index (χ3v) is 3.89. The fourth-order valence-electron chi connectivity index (χ4n) is 2.69. The summed E-state index contributed by atoms with van der Waals surface area (Å²) in [5, 5.41) is 3.51. The number of guanidine groups is 1. The molecule has 1 fully saturated rings. The van der Waals surface area contributed by atoms with Crippen LogP contribution in [0.4, 0.5) is 0 Å². The Morgan fingerprint density at radius 3 is 2.78 bits per heavy atom. The van der Waals surface area contributed by atoms with Crippen molar-refractivity contribution in [3.05, 3.63) is 0 Å². The van der Waals surface area contributed by atoms with Crippen molar-refractivity contribution >= 4 is 29.9 Å². The van der Waals surface area contributed by atoms with Crippen molar-refractivity contribution in [3.8, 4) is 0 Å². The summed E-state index contributed by atoms with van der Waals surface area (Å²) in [6.45, 7) is 10.2. The van der Waals surface area contributed by atoms with E-state index in [-0.39, 0.29) is 24.0 Å². The zero-order valence-electron chi connectivity index (χ0n) is 11.9. The van der Waals surface area contributed by atoms with Crippen molar-refractivity contribution in [2.75, 3.05) is 39.8 Å². The highest BCUT2D eigenvalue weighted by Gasteiger charge is 2.22. The Morgan fingerprint density at radius 1 is 1.39 bits per heavy atom. The molecule has 0 amide bonds. The van der Waals surface area contributed by atoms with Crippen molar-refractivity contribution in [1.29, 1.82) is 0 Å². The molecule has 2 aliphatic rings. The van der Waals surface area contributed by atoms with Crippen LogP contribution < -0.4 is 5.32 Å². The van der Waals surface area contributed by atoms with Gasteiger partial charge in [-0.15, -0.1) is 24.0 Å². The average molecular weight is 366 g/mol. The quantitative estimate of drug-likeness (QED) is 0.771. The summed E-state index contributed by atoms with van der Waals surface area (Å²) in [5.74, 6) is 1.87. The fourth-order valence-corrected chi connectivity index (χ4v) is 2.69. The number of nitrogens with one attached hydrogen (secondary N) is 1. The second-order valence-electron chi connectivity index (χ2n) is 5.60. The predicted octanol–water partition coefficient (Wildman–Crippen LogP) is 1.62. The number of halogens is 1. The fraction of sp³-hybridized carbons (Fsp3) is 0.923. The molecule has 0 aliphatic carbocycles. The summed E-state index contributed by atoms with van der Waals surface area (Å²) in [6.07, 6.45) is 2.69. The molecule has 0 aromatic heterocycles. The van der Waals surface area contributed by atoms with Gasteiger partial charge >= 0.3 is 0 Å². The third-order valence-electron chi connectivity index (χ3n) is 3.89. The summed E-state index contributed by atoms with van der Waals surface area (Å²) < 4.78 is 0. The standard InChI is InChI=1S/C13H26N4.HI/c1-11(2)17-7-4-5-12(10-17)9-15-13-14-6-8-16(13)3;/h11-12H,4-10H2,1-3H3,(H,14,15);1H. The Bertz CT molecular complexity index is 280. The maximum absolute atomic E-state index is 4.47. The van der Waals surface area contributed by atoms with E-state index >= 15 is 0 Å². The molecular weight excluding hydrogens is 339 g/mol. The topological polar surface area (TPSA) is 30.9 Å². The van der Waals surface area contributed by atoms with E-state index in [4.69, 9.17) is 0 Å². The molecule has 4 nitrogen and oxygen atoms in total. The minimum atomic E-state index is 0. The highest BCUT2D eigenvalue weighted by atomic mass is 127. The monoisotopic (exact) mass is 366 g/mol. The molecule has 1 saturated heterocycles. The molecular formula is C13H27IN4. The molecule has 1 unspecified atom stereocenters. The van der Waals surface area contributed by atoms with Gasteiger partial charge in [0.25, 0.3) is 0 Å². The molecule has 0 spiro atoms. The number of likely N-dealkylation sites (tertiary alicyclic amines) is 1. The molecule has 2 heterocycles. The maximum Gasteiger partial charge on any atom is 0.193 e. The number of nitrogens with zero attached hydrogens (tertiary/aromatic N) is 3. The molecule has 2 aliphatic heterocycles. The lowest BCUT2D eigenvalue weighted by Crippen LogP contribution is -2.45. The van der Waals surface area contributed by atoms with Crippen LogP contribution in [0.2, 0.25) is 0 Å². The predicted molar refractivity (Wildman–Crippen MR) is 87.8 cm³/mol. The maximum atomic E-state index is 4.47. The second-order valence-corrected chi connectivity index (χ2v) is 5.60.